The lowest BCUT2D eigenvalue weighted by Gasteiger charge is -2.13. The number of carboxylic acid groups (broad SMARTS) is 1. The summed E-state index contributed by atoms with van der Waals surface area (Å²) < 4.78 is 5.25. The number of carbonyl (C=O) groups excluding carboxylic acids is 2. The molecule has 1 aromatic rings. The Balaban J connectivity index is 1.75. The van der Waals surface area contributed by atoms with Gasteiger partial charge in [-0.15, -0.1) is 0 Å². The summed E-state index contributed by atoms with van der Waals surface area (Å²) in [6.07, 6.45) is 1.80. The van der Waals surface area contributed by atoms with Gasteiger partial charge in [0.1, 0.15) is 5.75 Å². The van der Waals surface area contributed by atoms with Crippen molar-refractivity contribution in [2.24, 2.45) is 23.2 Å². The number of hydrogen-bond acceptors (Lipinski definition) is 4. The first-order chi connectivity index (χ1) is 11.8. The van der Waals surface area contributed by atoms with E-state index in [1.165, 1.54) is 7.11 Å². The number of aliphatic carboxylic acids is 1. The molecule has 1 aromatic carbocycles. The Hall–Kier alpha value is -2.57. The van der Waals surface area contributed by atoms with Gasteiger partial charge in [-0.2, -0.15) is 0 Å². The lowest BCUT2D eigenvalue weighted by Crippen LogP contribution is -2.19. The molecule has 0 spiro atoms. The van der Waals surface area contributed by atoms with Gasteiger partial charge in [0.25, 0.3) is 0 Å². The summed E-state index contributed by atoms with van der Waals surface area (Å²) in [5.74, 6) is -2.14. The monoisotopic (exact) mass is 346 g/mol. The quantitative estimate of drug-likeness (QED) is 0.733. The minimum atomic E-state index is -0.970. The maximum Gasteiger partial charge on any atom is 0.307 e. The number of anilines is 2. The molecule has 2 aliphatic rings. The Morgan fingerprint density at radius 3 is 2.32 bits per heavy atom. The molecule has 2 fully saturated rings. The molecule has 134 valence electrons. The van der Waals surface area contributed by atoms with Crippen LogP contribution in [0, 0.1) is 23.2 Å². The molecule has 0 radical (unpaired) electrons. The summed E-state index contributed by atoms with van der Waals surface area (Å²) >= 11 is 0. The molecule has 0 aromatic heterocycles. The molecule has 25 heavy (non-hydrogen) atoms. The van der Waals surface area contributed by atoms with E-state index in [0.29, 0.717) is 17.1 Å². The molecule has 3 rings (SSSR count). The molecule has 0 bridgehead atoms. The van der Waals surface area contributed by atoms with Gasteiger partial charge in [0.2, 0.25) is 11.8 Å². The molecule has 2 atom stereocenters. The van der Waals surface area contributed by atoms with Gasteiger partial charge in [-0.1, -0.05) is 13.8 Å². The number of methoxy groups -OCH3 is 1. The highest BCUT2D eigenvalue weighted by molar-refractivity contribution is 6.01. The summed E-state index contributed by atoms with van der Waals surface area (Å²) in [6, 6.07) is 4.99. The standard InChI is InChI=1S/C18H22N2O5/c1-18(2)13(14(18)17(23)24)16(22)20-11-8-10(6-7-12(11)25-3)19-15(21)9-4-5-9/h6-9,13-14H,4-5H2,1-3H3,(H,19,21)(H,20,22)(H,23,24)/t13-,14-/m0/s1. The molecule has 2 saturated carbocycles. The highest BCUT2D eigenvalue weighted by Gasteiger charge is 2.65. The van der Waals surface area contributed by atoms with Crippen LogP contribution in [0.15, 0.2) is 18.2 Å². The Kier molecular flexibility index (Phi) is 4.18. The molecule has 0 aliphatic heterocycles. The van der Waals surface area contributed by atoms with Gasteiger partial charge < -0.3 is 20.5 Å². The van der Waals surface area contributed by atoms with Crippen molar-refractivity contribution in [2.45, 2.75) is 26.7 Å². The van der Waals surface area contributed by atoms with E-state index < -0.39 is 23.2 Å². The van der Waals surface area contributed by atoms with Crippen molar-refractivity contribution in [3.63, 3.8) is 0 Å². The van der Waals surface area contributed by atoms with Crippen molar-refractivity contribution in [1.29, 1.82) is 0 Å². The van der Waals surface area contributed by atoms with Gasteiger partial charge in [0.05, 0.1) is 24.6 Å². The molecule has 3 N–H and O–H groups in total. The molecule has 0 heterocycles. The summed E-state index contributed by atoms with van der Waals surface area (Å²) in [4.78, 5) is 35.7. The van der Waals surface area contributed by atoms with Crippen molar-refractivity contribution >= 4 is 29.2 Å². The molecule has 2 aliphatic carbocycles. The van der Waals surface area contributed by atoms with Crippen molar-refractivity contribution in [3.05, 3.63) is 18.2 Å². The van der Waals surface area contributed by atoms with Gasteiger partial charge in [0, 0.05) is 11.6 Å². The van der Waals surface area contributed by atoms with Crippen molar-refractivity contribution in [1.82, 2.24) is 0 Å². The van der Waals surface area contributed by atoms with Gasteiger partial charge in [-0.05, 0) is 36.5 Å². The second kappa shape index (κ2) is 6.06. The third-order valence-electron chi connectivity index (χ3n) is 5.05. The summed E-state index contributed by atoms with van der Waals surface area (Å²) in [7, 11) is 1.48. The number of amides is 2. The molecular weight excluding hydrogens is 324 g/mol. The van der Waals surface area contributed by atoms with Crippen LogP contribution >= 0.6 is 0 Å². The highest BCUT2D eigenvalue weighted by Crippen LogP contribution is 2.58. The molecule has 0 unspecified atom stereocenters. The first kappa shape index (κ1) is 17.3. The Bertz CT molecular complexity index is 739. The van der Waals surface area contributed by atoms with Crippen LogP contribution in [0.4, 0.5) is 11.4 Å². The first-order valence-corrected chi connectivity index (χ1v) is 8.28. The number of carboxylic acids is 1. The molecular formula is C18H22N2O5. The number of carbonyl (C=O) groups is 3. The SMILES string of the molecule is COc1ccc(NC(=O)C2CC2)cc1NC(=O)[C@@H]1[C@@H](C(=O)O)C1(C)C. The van der Waals surface area contributed by atoms with Gasteiger partial charge in [-0.25, -0.2) is 0 Å². The molecule has 2 amide bonds. The fourth-order valence-electron chi connectivity index (χ4n) is 3.27. The van der Waals surface area contributed by atoms with E-state index in [0.717, 1.165) is 12.8 Å². The maximum absolute atomic E-state index is 12.5. The fraction of sp³-hybridized carbons (Fsp3) is 0.500. The minimum absolute atomic E-state index is 0.0308. The minimum Gasteiger partial charge on any atom is -0.495 e. The van der Waals surface area contributed by atoms with Crippen molar-refractivity contribution in [2.75, 3.05) is 17.7 Å². The number of hydrogen-bond donors (Lipinski definition) is 3. The Morgan fingerprint density at radius 2 is 1.80 bits per heavy atom. The second-order valence-corrected chi connectivity index (χ2v) is 7.28. The van der Waals surface area contributed by atoms with Crippen LogP contribution in [0.3, 0.4) is 0 Å². The van der Waals surface area contributed by atoms with Crippen LogP contribution in [-0.4, -0.2) is 30.0 Å². The first-order valence-electron chi connectivity index (χ1n) is 8.28. The number of ether oxygens (including phenoxy) is 1. The predicted molar refractivity (Wildman–Crippen MR) is 91.4 cm³/mol. The van der Waals surface area contributed by atoms with Crippen LogP contribution in [0.5, 0.6) is 5.75 Å². The summed E-state index contributed by atoms with van der Waals surface area (Å²) in [6.45, 7) is 3.53. The zero-order valence-corrected chi connectivity index (χ0v) is 14.5. The lowest BCUT2D eigenvalue weighted by atomic mass is 10.1. The third-order valence-corrected chi connectivity index (χ3v) is 5.05. The van der Waals surface area contributed by atoms with E-state index in [1.807, 2.05) is 0 Å². The lowest BCUT2D eigenvalue weighted by molar-refractivity contribution is -0.140. The van der Waals surface area contributed by atoms with Gasteiger partial charge >= 0.3 is 5.97 Å². The average Bonchev–Trinajstić information content (AvgIpc) is 3.42. The predicted octanol–water partition coefficient (Wildman–Crippen LogP) is 2.34. The van der Waals surface area contributed by atoms with Crippen LogP contribution in [0.25, 0.3) is 0 Å². The number of rotatable bonds is 6. The van der Waals surface area contributed by atoms with Crippen LogP contribution in [0.2, 0.25) is 0 Å². The second-order valence-electron chi connectivity index (χ2n) is 7.28. The highest BCUT2D eigenvalue weighted by atomic mass is 16.5. The summed E-state index contributed by atoms with van der Waals surface area (Å²) in [5.41, 5.74) is 0.395. The normalized spacial score (nSPS) is 23.5. The zero-order chi connectivity index (χ0) is 18.4. The molecule has 0 saturated heterocycles. The van der Waals surface area contributed by atoms with Gasteiger partial charge in [0.15, 0.2) is 0 Å². The van der Waals surface area contributed by atoms with E-state index >= 15 is 0 Å². The topological polar surface area (TPSA) is 105 Å². The largest absolute Gasteiger partial charge is 0.495 e. The third kappa shape index (κ3) is 3.31. The van der Waals surface area contributed by atoms with Crippen molar-refractivity contribution < 1.29 is 24.2 Å². The number of benzene rings is 1. The van der Waals surface area contributed by atoms with Crippen LogP contribution in [-0.2, 0) is 14.4 Å². The summed E-state index contributed by atoms with van der Waals surface area (Å²) in [5, 5.41) is 14.8. The van der Waals surface area contributed by atoms with Crippen LogP contribution < -0.4 is 15.4 Å². The van der Waals surface area contributed by atoms with E-state index in [-0.39, 0.29) is 17.7 Å². The fourth-order valence-corrected chi connectivity index (χ4v) is 3.27. The average molecular weight is 346 g/mol. The Labute approximate surface area is 145 Å². The van der Waals surface area contributed by atoms with E-state index in [4.69, 9.17) is 4.74 Å². The molecule has 7 nitrogen and oxygen atoms in total. The Morgan fingerprint density at radius 1 is 1.12 bits per heavy atom. The van der Waals surface area contributed by atoms with E-state index in [1.54, 1.807) is 32.0 Å². The van der Waals surface area contributed by atoms with Gasteiger partial charge in [-0.3, -0.25) is 14.4 Å². The van der Waals surface area contributed by atoms with E-state index in [2.05, 4.69) is 10.6 Å². The zero-order valence-electron chi connectivity index (χ0n) is 14.5. The smallest absolute Gasteiger partial charge is 0.307 e. The van der Waals surface area contributed by atoms with Crippen molar-refractivity contribution in [3.8, 4) is 5.75 Å². The molecule has 7 heteroatoms. The van der Waals surface area contributed by atoms with Crippen LogP contribution in [0.1, 0.15) is 26.7 Å². The maximum atomic E-state index is 12.5. The van der Waals surface area contributed by atoms with E-state index in [9.17, 15) is 19.5 Å². The number of nitrogens with one attached hydrogen (secondary N) is 2.